The molecule has 11 nitrogen and oxygen atoms in total. The fourth-order valence-electron chi connectivity index (χ4n) is 5.45. The summed E-state index contributed by atoms with van der Waals surface area (Å²) in [4.78, 5) is 21.0. The summed E-state index contributed by atoms with van der Waals surface area (Å²) < 4.78 is 24.5. The number of aliphatic hydroxyl groups excluding tert-OH is 2. The monoisotopic (exact) mass is 642 g/mol. The van der Waals surface area contributed by atoms with E-state index in [1.807, 2.05) is 0 Å². The Morgan fingerprint density at radius 2 is 1.41 bits per heavy atom. The van der Waals surface area contributed by atoms with Crippen LogP contribution >= 0.6 is 7.60 Å². The molecule has 0 saturated carbocycles. The van der Waals surface area contributed by atoms with Crippen LogP contribution in [0, 0.1) is 0 Å². The highest BCUT2D eigenvalue weighted by Crippen LogP contribution is 2.49. The summed E-state index contributed by atoms with van der Waals surface area (Å²) in [6, 6.07) is -0.812. The SMILES string of the molecule is CCOP(=O)(CC[C@@H](CO)NCc1c[nH]c2c(=O)[nH]c(O)nc12)OCCCCCCCCCCCCCCCCCCCO. The number of hydrogen-bond acceptors (Lipinski definition) is 9. The Kier molecular flexibility index (Phi) is 20.6. The third-order valence-electron chi connectivity index (χ3n) is 8.07. The van der Waals surface area contributed by atoms with Crippen molar-refractivity contribution in [2.75, 3.05) is 32.6 Å². The maximum absolute atomic E-state index is 13.3. The standard InChI is InChI=1S/C32H59N4O7P/c1-2-42-44(41,23-20-28(26-38)33-24-27-25-34-30-29(27)35-32(40)36-31(30)39)43-22-19-17-15-13-11-9-7-5-3-4-6-8-10-12-14-16-18-21-37/h25,28,33-34,37-38H,2-24,26H2,1H3,(H2,35,36,39,40)/t28-,44?/m0/s1. The van der Waals surface area contributed by atoms with Gasteiger partial charge in [0.05, 0.1) is 26.0 Å². The smallest absolute Gasteiger partial charge is 0.330 e. The van der Waals surface area contributed by atoms with E-state index in [2.05, 4.69) is 20.3 Å². The summed E-state index contributed by atoms with van der Waals surface area (Å²) in [5, 5.41) is 31.5. The number of nitrogens with one attached hydrogen (secondary N) is 3. The van der Waals surface area contributed by atoms with E-state index in [0.29, 0.717) is 43.9 Å². The number of aliphatic hydroxyl groups is 2. The van der Waals surface area contributed by atoms with Gasteiger partial charge in [-0.2, -0.15) is 4.98 Å². The highest BCUT2D eigenvalue weighted by Gasteiger charge is 2.25. The van der Waals surface area contributed by atoms with Gasteiger partial charge >= 0.3 is 7.60 Å². The fourth-order valence-corrected chi connectivity index (χ4v) is 7.21. The Bertz CT molecular complexity index is 1110. The molecule has 2 atom stereocenters. The first-order valence-electron chi connectivity index (χ1n) is 17.0. The molecule has 0 saturated heterocycles. The first kappa shape index (κ1) is 38.4. The number of aromatic amines is 2. The molecule has 2 heterocycles. The van der Waals surface area contributed by atoms with E-state index >= 15 is 0 Å². The van der Waals surface area contributed by atoms with Gasteiger partial charge in [0.2, 0.25) is 0 Å². The lowest BCUT2D eigenvalue weighted by Gasteiger charge is -2.21. The maximum Gasteiger partial charge on any atom is 0.330 e. The van der Waals surface area contributed by atoms with Gasteiger partial charge in [-0.1, -0.05) is 96.3 Å². The van der Waals surface area contributed by atoms with Crippen LogP contribution in [0.1, 0.15) is 128 Å². The lowest BCUT2D eigenvalue weighted by Crippen LogP contribution is -2.33. The number of H-pyrrole nitrogens is 2. The second-order valence-corrected chi connectivity index (χ2v) is 14.0. The molecule has 12 heteroatoms. The van der Waals surface area contributed by atoms with Gasteiger partial charge in [0.25, 0.3) is 11.6 Å². The zero-order valence-electron chi connectivity index (χ0n) is 27.0. The molecule has 2 rings (SSSR count). The Labute approximate surface area is 263 Å². The van der Waals surface area contributed by atoms with Crippen molar-refractivity contribution in [3.05, 3.63) is 22.1 Å². The van der Waals surface area contributed by atoms with E-state index in [-0.39, 0.29) is 24.3 Å². The molecule has 0 bridgehead atoms. The molecule has 44 heavy (non-hydrogen) atoms. The summed E-state index contributed by atoms with van der Waals surface area (Å²) in [6.07, 6.45) is 23.2. The van der Waals surface area contributed by atoms with Crippen molar-refractivity contribution >= 4 is 18.6 Å². The van der Waals surface area contributed by atoms with Crippen LogP contribution in [0.5, 0.6) is 6.01 Å². The highest BCUT2D eigenvalue weighted by molar-refractivity contribution is 7.53. The lowest BCUT2D eigenvalue weighted by atomic mass is 10.0. The second-order valence-electron chi connectivity index (χ2n) is 11.8. The van der Waals surface area contributed by atoms with Crippen molar-refractivity contribution in [1.82, 2.24) is 20.3 Å². The number of nitrogens with zero attached hydrogens (tertiary/aromatic N) is 1. The minimum Gasteiger partial charge on any atom is -0.480 e. The first-order chi connectivity index (χ1) is 21.4. The quantitative estimate of drug-likeness (QED) is 0.0419. The van der Waals surface area contributed by atoms with Gasteiger partial charge in [0.15, 0.2) is 0 Å². The summed E-state index contributed by atoms with van der Waals surface area (Å²) in [5.74, 6) is 0. The average Bonchev–Trinajstić information content (AvgIpc) is 3.41. The zero-order chi connectivity index (χ0) is 31.9. The van der Waals surface area contributed by atoms with Gasteiger partial charge in [-0.15, -0.1) is 0 Å². The molecule has 2 aromatic rings. The Hall–Kier alpha value is -1.75. The van der Waals surface area contributed by atoms with Gasteiger partial charge in [-0.25, -0.2) is 0 Å². The van der Waals surface area contributed by atoms with E-state index in [1.165, 1.54) is 83.5 Å². The molecule has 0 fully saturated rings. The predicted molar refractivity (Wildman–Crippen MR) is 176 cm³/mol. The number of fused-ring (bicyclic) bond motifs is 1. The topological polar surface area (TPSA) is 170 Å². The largest absolute Gasteiger partial charge is 0.480 e. The van der Waals surface area contributed by atoms with Crippen molar-refractivity contribution < 1.29 is 28.9 Å². The van der Waals surface area contributed by atoms with Crippen molar-refractivity contribution in [2.45, 2.75) is 135 Å². The maximum atomic E-state index is 13.3. The van der Waals surface area contributed by atoms with Gasteiger partial charge in [-0.05, 0) is 26.2 Å². The number of rotatable bonds is 29. The van der Waals surface area contributed by atoms with Crippen LogP contribution in [0.2, 0.25) is 0 Å². The van der Waals surface area contributed by atoms with Crippen molar-refractivity contribution in [3.63, 3.8) is 0 Å². The molecule has 0 aliphatic heterocycles. The minimum atomic E-state index is -3.27. The van der Waals surface area contributed by atoms with Gasteiger partial charge in [0.1, 0.15) is 11.0 Å². The van der Waals surface area contributed by atoms with Crippen LogP contribution < -0.4 is 10.9 Å². The zero-order valence-corrected chi connectivity index (χ0v) is 27.9. The molecule has 0 aliphatic rings. The number of unbranched alkanes of at least 4 members (excludes halogenated alkanes) is 16. The first-order valence-corrected chi connectivity index (χ1v) is 18.8. The van der Waals surface area contributed by atoms with Gasteiger partial charge in [-0.3, -0.25) is 14.3 Å². The Balaban J connectivity index is 1.51. The van der Waals surface area contributed by atoms with Crippen LogP contribution in [0.25, 0.3) is 11.0 Å². The molecule has 0 spiro atoms. The van der Waals surface area contributed by atoms with Crippen LogP contribution in [0.15, 0.2) is 11.0 Å². The van der Waals surface area contributed by atoms with Crippen LogP contribution in [0.3, 0.4) is 0 Å². The van der Waals surface area contributed by atoms with Crippen LogP contribution in [-0.4, -0.2) is 68.9 Å². The average molecular weight is 643 g/mol. The Morgan fingerprint density at radius 1 is 0.864 bits per heavy atom. The summed E-state index contributed by atoms with van der Waals surface area (Å²) in [7, 11) is -3.27. The summed E-state index contributed by atoms with van der Waals surface area (Å²) in [6.45, 7) is 2.95. The normalized spacial score (nSPS) is 13.9. The molecule has 6 N–H and O–H groups in total. The van der Waals surface area contributed by atoms with Gasteiger partial charge < -0.3 is 34.7 Å². The molecular formula is C32H59N4O7P. The minimum absolute atomic E-state index is 0.166. The van der Waals surface area contributed by atoms with Crippen LogP contribution in [0.4, 0.5) is 0 Å². The Morgan fingerprint density at radius 3 is 1.93 bits per heavy atom. The van der Waals surface area contributed by atoms with Crippen LogP contribution in [-0.2, 0) is 20.2 Å². The van der Waals surface area contributed by atoms with E-state index in [4.69, 9.17) is 14.2 Å². The predicted octanol–water partition coefficient (Wildman–Crippen LogP) is 6.67. The summed E-state index contributed by atoms with van der Waals surface area (Å²) >= 11 is 0. The third kappa shape index (κ3) is 16.0. The summed E-state index contributed by atoms with van der Waals surface area (Å²) in [5.41, 5.74) is 0.840. The molecule has 0 amide bonds. The van der Waals surface area contributed by atoms with E-state index < -0.39 is 19.2 Å². The van der Waals surface area contributed by atoms with Crippen molar-refractivity contribution in [1.29, 1.82) is 0 Å². The number of hydrogen-bond donors (Lipinski definition) is 6. The molecule has 0 aromatic carbocycles. The molecule has 0 radical (unpaired) electrons. The highest BCUT2D eigenvalue weighted by atomic mass is 31.2. The number of aromatic nitrogens is 3. The number of aromatic hydroxyl groups is 1. The lowest BCUT2D eigenvalue weighted by molar-refractivity contribution is 0.201. The van der Waals surface area contributed by atoms with E-state index in [0.717, 1.165) is 25.7 Å². The van der Waals surface area contributed by atoms with E-state index in [1.54, 1.807) is 13.1 Å². The third-order valence-corrected chi connectivity index (χ3v) is 10.1. The second kappa shape index (κ2) is 23.6. The van der Waals surface area contributed by atoms with Gasteiger partial charge in [0, 0.05) is 31.0 Å². The molecule has 0 aliphatic carbocycles. The van der Waals surface area contributed by atoms with Crippen molar-refractivity contribution in [2.24, 2.45) is 0 Å². The fraction of sp³-hybridized carbons (Fsp3) is 0.812. The van der Waals surface area contributed by atoms with E-state index in [9.17, 15) is 19.6 Å². The molecule has 1 unspecified atom stereocenters. The molecular weight excluding hydrogens is 583 g/mol. The molecule has 2 aromatic heterocycles. The van der Waals surface area contributed by atoms with Crippen molar-refractivity contribution in [3.8, 4) is 6.01 Å². The molecule has 254 valence electrons.